The summed E-state index contributed by atoms with van der Waals surface area (Å²) in [5.74, 6) is 0.755. The quantitative estimate of drug-likeness (QED) is 0.825. The number of nitrogens with zero attached hydrogens (tertiary/aromatic N) is 3. The normalized spacial score (nSPS) is 22.9. The zero-order valence-corrected chi connectivity index (χ0v) is 17.8. The number of H-pyrrole nitrogens is 1. The minimum absolute atomic E-state index is 0.0389. The summed E-state index contributed by atoms with van der Waals surface area (Å²) in [5.41, 5.74) is 2.87. The van der Waals surface area contributed by atoms with E-state index in [2.05, 4.69) is 9.97 Å². The number of rotatable bonds is 3. The number of hydrogen-bond acceptors (Lipinski definition) is 4. The van der Waals surface area contributed by atoms with Crippen molar-refractivity contribution in [2.75, 3.05) is 32.8 Å². The largest absolute Gasteiger partial charge is 0.381 e. The average Bonchev–Trinajstić information content (AvgIpc) is 3.33. The molecule has 5 rings (SSSR count). The number of nitrogens with one attached hydrogen (secondary N) is 1. The van der Waals surface area contributed by atoms with Crippen molar-refractivity contribution >= 4 is 11.8 Å². The Kier molecular flexibility index (Phi) is 5.76. The minimum atomic E-state index is -0.0389. The van der Waals surface area contributed by atoms with Crippen LogP contribution in [0, 0.1) is 11.8 Å². The second-order valence-electron chi connectivity index (χ2n) is 8.88. The van der Waals surface area contributed by atoms with Crippen molar-refractivity contribution in [2.45, 2.75) is 38.1 Å². The molecule has 1 N–H and O–H groups in total. The van der Waals surface area contributed by atoms with Gasteiger partial charge in [0.2, 0.25) is 5.91 Å². The molecule has 164 valence electrons. The molecule has 2 amide bonds. The van der Waals surface area contributed by atoms with E-state index in [1.807, 2.05) is 40.1 Å². The van der Waals surface area contributed by atoms with E-state index in [0.29, 0.717) is 25.7 Å². The third-order valence-electron chi connectivity index (χ3n) is 7.12. The number of amides is 2. The Morgan fingerprint density at radius 1 is 1.00 bits per heavy atom. The SMILES string of the molecule is O=C(C1CCOCC1)N1CCC(C2c3nc[nH]c3CCN2C(=O)c2ccccc2)CC1. The zero-order chi connectivity index (χ0) is 21.2. The number of carbonyl (C=O) groups excluding carboxylic acids is 2. The molecule has 2 fully saturated rings. The van der Waals surface area contributed by atoms with Crippen molar-refractivity contribution in [1.29, 1.82) is 0 Å². The molecular formula is C24H30N4O3. The van der Waals surface area contributed by atoms with Crippen LogP contribution in [-0.2, 0) is 16.0 Å². The first-order chi connectivity index (χ1) is 15.2. The number of carbonyl (C=O) groups is 2. The van der Waals surface area contributed by atoms with Gasteiger partial charge in [-0.1, -0.05) is 18.2 Å². The van der Waals surface area contributed by atoms with Crippen LogP contribution in [0.25, 0.3) is 0 Å². The smallest absolute Gasteiger partial charge is 0.254 e. The molecule has 0 radical (unpaired) electrons. The summed E-state index contributed by atoms with van der Waals surface area (Å²) in [6, 6.07) is 9.48. The summed E-state index contributed by atoms with van der Waals surface area (Å²) < 4.78 is 5.41. The van der Waals surface area contributed by atoms with E-state index in [-0.39, 0.29) is 23.8 Å². The number of piperidine rings is 1. The van der Waals surface area contributed by atoms with Gasteiger partial charge in [0.05, 0.1) is 18.1 Å². The molecule has 2 saturated heterocycles. The Bertz CT molecular complexity index is 914. The maximum atomic E-state index is 13.4. The molecule has 4 heterocycles. The second kappa shape index (κ2) is 8.83. The van der Waals surface area contributed by atoms with Crippen LogP contribution in [0.2, 0.25) is 0 Å². The number of benzene rings is 1. The van der Waals surface area contributed by atoms with Crippen LogP contribution in [0.15, 0.2) is 36.7 Å². The first-order valence-corrected chi connectivity index (χ1v) is 11.5. The van der Waals surface area contributed by atoms with Gasteiger partial charge in [0, 0.05) is 56.4 Å². The fourth-order valence-electron chi connectivity index (χ4n) is 5.40. The van der Waals surface area contributed by atoms with Crippen molar-refractivity contribution in [2.24, 2.45) is 11.8 Å². The third kappa shape index (κ3) is 3.99. The Labute approximate surface area is 182 Å². The third-order valence-corrected chi connectivity index (χ3v) is 7.12. The Morgan fingerprint density at radius 3 is 2.48 bits per heavy atom. The zero-order valence-electron chi connectivity index (χ0n) is 17.8. The van der Waals surface area contributed by atoms with Crippen molar-refractivity contribution in [3.8, 4) is 0 Å². The maximum absolute atomic E-state index is 13.4. The van der Waals surface area contributed by atoms with Crippen molar-refractivity contribution < 1.29 is 14.3 Å². The van der Waals surface area contributed by atoms with Crippen LogP contribution < -0.4 is 0 Å². The molecule has 31 heavy (non-hydrogen) atoms. The molecule has 0 saturated carbocycles. The highest BCUT2D eigenvalue weighted by atomic mass is 16.5. The monoisotopic (exact) mass is 422 g/mol. The van der Waals surface area contributed by atoms with Crippen LogP contribution in [0.5, 0.6) is 0 Å². The Morgan fingerprint density at radius 2 is 1.74 bits per heavy atom. The molecule has 0 bridgehead atoms. The minimum Gasteiger partial charge on any atom is -0.381 e. The summed E-state index contributed by atoms with van der Waals surface area (Å²) in [6.07, 6.45) is 5.99. The highest BCUT2D eigenvalue weighted by Gasteiger charge is 2.40. The molecule has 0 spiro atoms. The lowest BCUT2D eigenvalue weighted by Crippen LogP contribution is -2.48. The van der Waals surface area contributed by atoms with Gasteiger partial charge in [-0.3, -0.25) is 9.59 Å². The van der Waals surface area contributed by atoms with Gasteiger partial charge in [-0.2, -0.15) is 0 Å². The summed E-state index contributed by atoms with van der Waals surface area (Å²) >= 11 is 0. The van der Waals surface area contributed by atoms with Gasteiger partial charge in [0.25, 0.3) is 5.91 Å². The number of likely N-dealkylation sites (tertiary alicyclic amines) is 1. The first kappa shape index (κ1) is 20.2. The summed E-state index contributed by atoms with van der Waals surface area (Å²) in [7, 11) is 0. The van der Waals surface area contributed by atoms with Gasteiger partial charge >= 0.3 is 0 Å². The van der Waals surface area contributed by atoms with E-state index in [4.69, 9.17) is 4.74 Å². The van der Waals surface area contributed by atoms with Gasteiger partial charge in [-0.05, 0) is 43.7 Å². The summed E-state index contributed by atoms with van der Waals surface area (Å²) in [4.78, 5) is 38.3. The van der Waals surface area contributed by atoms with Gasteiger partial charge in [0.1, 0.15) is 0 Å². The van der Waals surface area contributed by atoms with E-state index in [9.17, 15) is 9.59 Å². The van der Waals surface area contributed by atoms with Crippen LogP contribution in [0.4, 0.5) is 0 Å². The predicted molar refractivity (Wildman–Crippen MR) is 115 cm³/mol. The molecular weight excluding hydrogens is 392 g/mol. The van der Waals surface area contributed by atoms with Crippen LogP contribution in [0.3, 0.4) is 0 Å². The number of ether oxygens (including phenoxy) is 1. The van der Waals surface area contributed by atoms with E-state index >= 15 is 0 Å². The summed E-state index contributed by atoms with van der Waals surface area (Å²) in [5, 5.41) is 0. The number of fused-ring (bicyclic) bond motifs is 1. The lowest BCUT2D eigenvalue weighted by molar-refractivity contribution is -0.140. The van der Waals surface area contributed by atoms with Gasteiger partial charge in [-0.25, -0.2) is 4.98 Å². The predicted octanol–water partition coefficient (Wildman–Crippen LogP) is 2.81. The first-order valence-electron chi connectivity index (χ1n) is 11.5. The second-order valence-corrected chi connectivity index (χ2v) is 8.88. The van der Waals surface area contributed by atoms with E-state index in [1.165, 1.54) is 0 Å². The summed E-state index contributed by atoms with van der Waals surface area (Å²) in [6.45, 7) is 3.57. The fraction of sp³-hybridized carbons (Fsp3) is 0.542. The van der Waals surface area contributed by atoms with Gasteiger partial charge in [-0.15, -0.1) is 0 Å². The average molecular weight is 423 g/mol. The molecule has 7 nitrogen and oxygen atoms in total. The molecule has 3 aliphatic heterocycles. The van der Waals surface area contributed by atoms with E-state index in [1.54, 1.807) is 6.33 Å². The number of aromatic nitrogens is 2. The standard InChI is InChI=1S/C24H30N4O3/c29-23(19-9-14-31-15-10-19)27-11-6-17(7-12-27)22-21-20(25-16-26-21)8-13-28(22)24(30)18-4-2-1-3-5-18/h1-5,16-17,19,22H,6-15H2,(H,25,26). The van der Waals surface area contributed by atoms with Crippen LogP contribution in [0.1, 0.15) is 53.5 Å². The fourth-order valence-corrected chi connectivity index (χ4v) is 5.40. The van der Waals surface area contributed by atoms with Crippen LogP contribution in [-0.4, -0.2) is 64.4 Å². The van der Waals surface area contributed by atoms with E-state index in [0.717, 1.165) is 62.1 Å². The van der Waals surface area contributed by atoms with Gasteiger partial charge < -0.3 is 19.5 Å². The molecule has 1 atom stereocenters. The molecule has 1 unspecified atom stereocenters. The number of imidazole rings is 1. The Balaban J connectivity index is 1.32. The van der Waals surface area contributed by atoms with Crippen LogP contribution >= 0.6 is 0 Å². The number of aromatic amines is 1. The molecule has 3 aliphatic rings. The lowest BCUT2D eigenvalue weighted by atomic mass is 9.83. The topological polar surface area (TPSA) is 78.5 Å². The molecule has 1 aromatic carbocycles. The molecule has 0 aliphatic carbocycles. The highest BCUT2D eigenvalue weighted by Crippen LogP contribution is 2.39. The van der Waals surface area contributed by atoms with Gasteiger partial charge in [0.15, 0.2) is 0 Å². The van der Waals surface area contributed by atoms with Crippen molar-refractivity contribution in [1.82, 2.24) is 19.8 Å². The van der Waals surface area contributed by atoms with Crippen molar-refractivity contribution in [3.05, 3.63) is 53.6 Å². The van der Waals surface area contributed by atoms with Crippen molar-refractivity contribution in [3.63, 3.8) is 0 Å². The lowest BCUT2D eigenvalue weighted by Gasteiger charge is -2.43. The molecule has 7 heteroatoms. The maximum Gasteiger partial charge on any atom is 0.254 e. The van der Waals surface area contributed by atoms with E-state index < -0.39 is 0 Å². The number of hydrogen-bond donors (Lipinski definition) is 1. The highest BCUT2D eigenvalue weighted by molar-refractivity contribution is 5.94. The molecule has 1 aromatic heterocycles. The Hall–Kier alpha value is -2.67. The molecule has 2 aromatic rings.